The molecule has 176 valence electrons. The lowest BCUT2D eigenvalue weighted by atomic mass is 10.2. The van der Waals surface area contributed by atoms with Crippen LogP contribution in [-0.2, 0) is 16.1 Å². The number of ether oxygens (including phenoxy) is 1. The van der Waals surface area contributed by atoms with Crippen molar-refractivity contribution in [3.8, 4) is 5.69 Å². The maximum Gasteiger partial charge on any atom is 0.236 e. The zero-order valence-corrected chi connectivity index (χ0v) is 19.7. The third-order valence-corrected chi connectivity index (χ3v) is 5.83. The Bertz CT molecular complexity index is 1090. The third kappa shape index (κ3) is 5.43. The van der Waals surface area contributed by atoms with Crippen molar-refractivity contribution in [1.29, 1.82) is 0 Å². The van der Waals surface area contributed by atoms with Gasteiger partial charge in [-0.2, -0.15) is 4.98 Å². The number of nitrogens with one attached hydrogen (secondary N) is 2. The predicted octanol–water partition coefficient (Wildman–Crippen LogP) is 2.26. The lowest BCUT2D eigenvalue weighted by Crippen LogP contribution is -2.44. The van der Waals surface area contributed by atoms with Gasteiger partial charge in [0.25, 0.3) is 0 Å². The van der Waals surface area contributed by atoms with Crippen LogP contribution in [-0.4, -0.2) is 78.8 Å². The Labute approximate surface area is 194 Å². The van der Waals surface area contributed by atoms with Gasteiger partial charge in [-0.1, -0.05) is 6.92 Å². The number of anilines is 2. The largest absolute Gasteiger partial charge is 0.378 e. The van der Waals surface area contributed by atoms with Gasteiger partial charge in [-0.15, -0.1) is 0 Å². The number of morpholine rings is 1. The molecule has 0 atom stereocenters. The van der Waals surface area contributed by atoms with Crippen LogP contribution < -0.4 is 15.5 Å². The molecular weight excluding hydrogens is 418 g/mol. The molecule has 2 N–H and O–H groups in total. The second-order valence-electron chi connectivity index (χ2n) is 8.27. The van der Waals surface area contributed by atoms with E-state index in [2.05, 4.69) is 74.5 Å². The topological polar surface area (TPSA) is 87.6 Å². The van der Waals surface area contributed by atoms with Gasteiger partial charge in [0.2, 0.25) is 11.9 Å². The molecule has 0 radical (unpaired) electrons. The molecule has 9 nitrogen and oxygen atoms in total. The molecule has 4 rings (SSSR count). The molecule has 0 aliphatic carbocycles. The standard InChI is InChI=1S/C24H33N7O2/c1-4-8-29(3)23-20-6-5-19(14-21(20)27-24(25-2)28-23)31-9-7-18(17-31)15-26-16-22(32)30-10-12-33-13-11-30/h5-7,9,14,17,26H,4,8,10-13,15-16H2,1-3H3,(H,25,27,28). The Morgan fingerprint density at radius 1 is 1.21 bits per heavy atom. The fourth-order valence-corrected chi connectivity index (χ4v) is 4.05. The Balaban J connectivity index is 1.46. The zero-order valence-electron chi connectivity index (χ0n) is 19.7. The van der Waals surface area contributed by atoms with Gasteiger partial charge in [-0.05, 0) is 36.2 Å². The highest BCUT2D eigenvalue weighted by atomic mass is 16.5. The van der Waals surface area contributed by atoms with E-state index in [9.17, 15) is 4.79 Å². The highest BCUT2D eigenvalue weighted by molar-refractivity contribution is 5.91. The third-order valence-electron chi connectivity index (χ3n) is 5.83. The summed E-state index contributed by atoms with van der Waals surface area (Å²) in [4.78, 5) is 25.7. The van der Waals surface area contributed by atoms with E-state index in [4.69, 9.17) is 4.74 Å². The van der Waals surface area contributed by atoms with Gasteiger partial charge < -0.3 is 29.7 Å². The van der Waals surface area contributed by atoms with Crippen LogP contribution in [0.3, 0.4) is 0 Å². The summed E-state index contributed by atoms with van der Waals surface area (Å²) in [6, 6.07) is 8.33. The van der Waals surface area contributed by atoms with E-state index in [0.717, 1.165) is 40.9 Å². The lowest BCUT2D eigenvalue weighted by Gasteiger charge is -2.26. The number of amides is 1. The molecular formula is C24H33N7O2. The molecule has 33 heavy (non-hydrogen) atoms. The summed E-state index contributed by atoms with van der Waals surface area (Å²) in [6.07, 6.45) is 5.16. The molecule has 0 saturated carbocycles. The van der Waals surface area contributed by atoms with Crippen molar-refractivity contribution >= 4 is 28.6 Å². The molecule has 0 spiro atoms. The molecule has 1 aliphatic rings. The molecule has 1 saturated heterocycles. The van der Waals surface area contributed by atoms with E-state index < -0.39 is 0 Å². The Morgan fingerprint density at radius 3 is 2.79 bits per heavy atom. The quantitative estimate of drug-likeness (QED) is 0.516. The van der Waals surface area contributed by atoms with Crippen molar-refractivity contribution in [3.63, 3.8) is 0 Å². The van der Waals surface area contributed by atoms with Crippen LogP contribution in [0.2, 0.25) is 0 Å². The van der Waals surface area contributed by atoms with Crippen LogP contribution in [0.4, 0.5) is 11.8 Å². The molecule has 9 heteroatoms. The van der Waals surface area contributed by atoms with Crippen molar-refractivity contribution in [1.82, 2.24) is 24.8 Å². The summed E-state index contributed by atoms with van der Waals surface area (Å²) >= 11 is 0. The monoisotopic (exact) mass is 451 g/mol. The predicted molar refractivity (Wildman–Crippen MR) is 131 cm³/mol. The molecule has 1 aliphatic heterocycles. The van der Waals surface area contributed by atoms with E-state index >= 15 is 0 Å². The highest BCUT2D eigenvalue weighted by Crippen LogP contribution is 2.27. The number of benzene rings is 1. The van der Waals surface area contributed by atoms with Gasteiger partial charge in [-0.3, -0.25) is 4.79 Å². The summed E-state index contributed by atoms with van der Waals surface area (Å²) in [5.74, 6) is 1.66. The van der Waals surface area contributed by atoms with E-state index in [1.807, 2.05) is 18.1 Å². The fraction of sp³-hybridized carbons (Fsp3) is 0.458. The van der Waals surface area contributed by atoms with E-state index in [1.165, 1.54) is 0 Å². The van der Waals surface area contributed by atoms with Crippen molar-refractivity contribution in [2.24, 2.45) is 0 Å². The summed E-state index contributed by atoms with van der Waals surface area (Å²) < 4.78 is 7.39. The first kappa shape index (κ1) is 23.0. The first-order valence-electron chi connectivity index (χ1n) is 11.5. The normalized spacial score (nSPS) is 14.0. The van der Waals surface area contributed by atoms with Gasteiger partial charge in [0, 0.05) is 63.7 Å². The average Bonchev–Trinajstić information content (AvgIpc) is 3.32. The average molecular weight is 452 g/mol. The minimum atomic E-state index is 0.121. The fourth-order valence-electron chi connectivity index (χ4n) is 4.05. The van der Waals surface area contributed by atoms with Crippen molar-refractivity contribution in [2.75, 3.05) is 63.7 Å². The number of carbonyl (C=O) groups is 1. The van der Waals surface area contributed by atoms with E-state index in [-0.39, 0.29) is 5.91 Å². The Kier molecular flexibility index (Phi) is 7.41. The lowest BCUT2D eigenvalue weighted by molar-refractivity contribution is -0.134. The maximum absolute atomic E-state index is 12.3. The van der Waals surface area contributed by atoms with Gasteiger partial charge in [0.15, 0.2) is 0 Å². The SMILES string of the molecule is CCCN(C)c1nc(NC)nc2cc(-n3ccc(CNCC(=O)N4CCOCC4)c3)ccc12. The minimum absolute atomic E-state index is 0.121. The van der Waals surface area contributed by atoms with Gasteiger partial charge in [0.1, 0.15) is 5.82 Å². The number of aromatic nitrogens is 3. The van der Waals surface area contributed by atoms with Crippen LogP contribution in [0.1, 0.15) is 18.9 Å². The molecule has 1 aromatic carbocycles. The summed E-state index contributed by atoms with van der Waals surface area (Å²) in [5, 5.41) is 7.37. The second kappa shape index (κ2) is 10.6. The summed E-state index contributed by atoms with van der Waals surface area (Å²) in [6.45, 7) is 6.65. The van der Waals surface area contributed by atoms with E-state index in [1.54, 1.807) is 0 Å². The molecule has 0 bridgehead atoms. The van der Waals surface area contributed by atoms with Crippen molar-refractivity contribution in [2.45, 2.75) is 19.9 Å². The number of rotatable bonds is 9. The number of carbonyl (C=O) groups excluding carboxylic acids is 1. The maximum atomic E-state index is 12.3. The molecule has 3 heterocycles. The highest BCUT2D eigenvalue weighted by Gasteiger charge is 2.16. The molecule has 2 aromatic heterocycles. The molecule has 1 amide bonds. The van der Waals surface area contributed by atoms with Gasteiger partial charge in [0.05, 0.1) is 25.3 Å². The molecule has 1 fully saturated rings. The number of nitrogens with zero attached hydrogens (tertiary/aromatic N) is 5. The first-order chi connectivity index (χ1) is 16.1. The van der Waals surface area contributed by atoms with Crippen molar-refractivity contribution < 1.29 is 9.53 Å². The van der Waals surface area contributed by atoms with Crippen LogP contribution >= 0.6 is 0 Å². The number of fused-ring (bicyclic) bond motifs is 1. The number of hydrogen-bond donors (Lipinski definition) is 2. The first-order valence-corrected chi connectivity index (χ1v) is 11.5. The number of hydrogen-bond acceptors (Lipinski definition) is 7. The van der Waals surface area contributed by atoms with Crippen LogP contribution in [0.5, 0.6) is 0 Å². The van der Waals surface area contributed by atoms with E-state index in [0.29, 0.717) is 45.3 Å². The zero-order chi connectivity index (χ0) is 23.2. The van der Waals surface area contributed by atoms with Gasteiger partial charge >= 0.3 is 0 Å². The van der Waals surface area contributed by atoms with Crippen LogP contribution in [0, 0.1) is 0 Å². The smallest absolute Gasteiger partial charge is 0.236 e. The Hall–Kier alpha value is -3.17. The van der Waals surface area contributed by atoms with Crippen LogP contribution in [0.15, 0.2) is 36.7 Å². The molecule has 3 aromatic rings. The summed E-state index contributed by atoms with van der Waals surface area (Å²) in [7, 11) is 3.90. The second-order valence-corrected chi connectivity index (χ2v) is 8.27. The van der Waals surface area contributed by atoms with Crippen LogP contribution in [0.25, 0.3) is 16.6 Å². The minimum Gasteiger partial charge on any atom is -0.378 e. The molecule has 0 unspecified atom stereocenters. The van der Waals surface area contributed by atoms with Gasteiger partial charge in [-0.25, -0.2) is 4.98 Å². The Morgan fingerprint density at radius 2 is 2.03 bits per heavy atom. The summed E-state index contributed by atoms with van der Waals surface area (Å²) in [5.41, 5.74) is 3.05. The van der Waals surface area contributed by atoms with Crippen molar-refractivity contribution in [3.05, 3.63) is 42.2 Å².